The Bertz CT molecular complexity index is 802. The lowest BCUT2D eigenvalue weighted by Gasteiger charge is -2.14. The van der Waals surface area contributed by atoms with Crippen LogP contribution in [0.15, 0.2) is 35.8 Å². The Morgan fingerprint density at radius 2 is 2.14 bits per heavy atom. The molecular formula is C15H15N5OS. The summed E-state index contributed by atoms with van der Waals surface area (Å²) in [5, 5.41) is 7.71. The first-order chi connectivity index (χ1) is 10.7. The third-order valence-electron chi connectivity index (χ3n) is 3.22. The van der Waals surface area contributed by atoms with Gasteiger partial charge in [-0.1, -0.05) is 6.07 Å². The normalized spacial score (nSPS) is 12.1. The lowest BCUT2D eigenvalue weighted by molar-refractivity contribution is 0.0960. The number of anilines is 1. The molecule has 3 heterocycles. The van der Waals surface area contributed by atoms with E-state index in [1.54, 1.807) is 13.2 Å². The second-order valence-corrected chi connectivity index (χ2v) is 5.65. The molecule has 0 aromatic carbocycles. The smallest absolute Gasteiger partial charge is 0.271 e. The molecule has 0 saturated heterocycles. The highest BCUT2D eigenvalue weighted by Crippen LogP contribution is 2.24. The molecule has 0 fully saturated rings. The Morgan fingerprint density at radius 1 is 1.27 bits per heavy atom. The highest BCUT2D eigenvalue weighted by atomic mass is 32.1. The molecule has 2 N–H and O–H groups in total. The van der Waals surface area contributed by atoms with Gasteiger partial charge in [-0.25, -0.2) is 9.97 Å². The fourth-order valence-corrected chi connectivity index (χ4v) is 2.92. The summed E-state index contributed by atoms with van der Waals surface area (Å²) in [5.41, 5.74) is 2.03. The molecule has 0 spiro atoms. The van der Waals surface area contributed by atoms with Crippen molar-refractivity contribution in [2.45, 2.75) is 13.0 Å². The fourth-order valence-electron chi connectivity index (χ4n) is 2.10. The number of nitrogens with zero attached hydrogens (tertiary/aromatic N) is 3. The van der Waals surface area contributed by atoms with E-state index in [0.29, 0.717) is 11.6 Å². The van der Waals surface area contributed by atoms with Crippen LogP contribution in [0.1, 0.15) is 29.1 Å². The molecule has 112 valence electrons. The Hall–Kier alpha value is -2.54. The van der Waals surface area contributed by atoms with E-state index in [1.807, 2.05) is 36.6 Å². The van der Waals surface area contributed by atoms with Gasteiger partial charge in [-0.05, 0) is 30.5 Å². The van der Waals surface area contributed by atoms with Crippen LogP contribution in [-0.4, -0.2) is 27.9 Å². The molecule has 0 saturated carbocycles. The molecule has 1 unspecified atom stereocenters. The number of hydrogen-bond acceptors (Lipinski definition) is 6. The van der Waals surface area contributed by atoms with E-state index in [2.05, 4.69) is 25.6 Å². The van der Waals surface area contributed by atoms with Crippen LogP contribution in [-0.2, 0) is 0 Å². The van der Waals surface area contributed by atoms with Crippen LogP contribution in [0.3, 0.4) is 0 Å². The average molecular weight is 313 g/mol. The molecule has 3 aromatic heterocycles. The van der Waals surface area contributed by atoms with Crippen molar-refractivity contribution in [1.82, 2.24) is 20.3 Å². The zero-order valence-corrected chi connectivity index (χ0v) is 13.0. The third-order valence-corrected chi connectivity index (χ3v) is 4.13. The van der Waals surface area contributed by atoms with Crippen molar-refractivity contribution in [2.24, 2.45) is 0 Å². The molecule has 3 aromatic rings. The molecule has 1 atom stereocenters. The summed E-state index contributed by atoms with van der Waals surface area (Å²) >= 11 is 1.46. The molecule has 0 aliphatic rings. The van der Waals surface area contributed by atoms with Gasteiger partial charge < -0.3 is 10.6 Å². The standard InChI is InChI=1S/C15H15N5OS/c1-9(10-5-3-4-7-17-10)18-15-19-11-6-8-22-13(11)12(20-15)14(21)16-2/h3-9H,1-2H3,(H,16,21)(H,18,19,20). The van der Waals surface area contributed by atoms with Gasteiger partial charge in [-0.2, -0.15) is 0 Å². The van der Waals surface area contributed by atoms with Gasteiger partial charge in [0.2, 0.25) is 5.95 Å². The second kappa shape index (κ2) is 6.07. The number of carbonyl (C=O) groups is 1. The first-order valence-corrected chi connectivity index (χ1v) is 7.72. The number of carbonyl (C=O) groups excluding carboxylic acids is 1. The highest BCUT2D eigenvalue weighted by Gasteiger charge is 2.16. The van der Waals surface area contributed by atoms with Crippen molar-refractivity contribution in [2.75, 3.05) is 12.4 Å². The summed E-state index contributed by atoms with van der Waals surface area (Å²) in [5.74, 6) is 0.200. The first-order valence-electron chi connectivity index (χ1n) is 6.84. The van der Waals surface area contributed by atoms with Gasteiger partial charge >= 0.3 is 0 Å². The van der Waals surface area contributed by atoms with Crippen molar-refractivity contribution in [3.8, 4) is 0 Å². The number of aromatic nitrogens is 3. The van der Waals surface area contributed by atoms with E-state index >= 15 is 0 Å². The molecule has 22 heavy (non-hydrogen) atoms. The number of amides is 1. The molecule has 7 heteroatoms. The van der Waals surface area contributed by atoms with Gasteiger partial charge in [0.25, 0.3) is 5.91 Å². The van der Waals surface area contributed by atoms with E-state index in [1.165, 1.54) is 11.3 Å². The molecule has 0 aliphatic carbocycles. The van der Waals surface area contributed by atoms with E-state index in [0.717, 1.165) is 15.9 Å². The van der Waals surface area contributed by atoms with Crippen molar-refractivity contribution in [3.63, 3.8) is 0 Å². The van der Waals surface area contributed by atoms with E-state index < -0.39 is 0 Å². The summed E-state index contributed by atoms with van der Waals surface area (Å²) in [6.07, 6.45) is 1.74. The number of nitrogens with one attached hydrogen (secondary N) is 2. The zero-order chi connectivity index (χ0) is 15.5. The minimum Gasteiger partial charge on any atom is -0.354 e. The summed E-state index contributed by atoms with van der Waals surface area (Å²) in [6, 6.07) is 7.55. The van der Waals surface area contributed by atoms with Crippen LogP contribution in [0.25, 0.3) is 10.2 Å². The average Bonchev–Trinajstić information content (AvgIpc) is 3.02. The van der Waals surface area contributed by atoms with Crippen molar-refractivity contribution >= 4 is 33.4 Å². The largest absolute Gasteiger partial charge is 0.354 e. The van der Waals surface area contributed by atoms with Crippen molar-refractivity contribution in [1.29, 1.82) is 0 Å². The van der Waals surface area contributed by atoms with Crippen molar-refractivity contribution < 1.29 is 4.79 Å². The molecule has 6 nitrogen and oxygen atoms in total. The third kappa shape index (κ3) is 2.75. The molecular weight excluding hydrogens is 298 g/mol. The fraction of sp³-hybridized carbons (Fsp3) is 0.200. The quantitative estimate of drug-likeness (QED) is 0.774. The van der Waals surface area contributed by atoms with Crippen LogP contribution < -0.4 is 10.6 Å². The van der Waals surface area contributed by atoms with Gasteiger partial charge in [0.05, 0.1) is 22.0 Å². The minimum atomic E-state index is -0.219. The van der Waals surface area contributed by atoms with E-state index in [-0.39, 0.29) is 11.9 Å². The Labute approximate surface area is 131 Å². The number of fused-ring (bicyclic) bond motifs is 1. The molecule has 0 radical (unpaired) electrons. The zero-order valence-electron chi connectivity index (χ0n) is 12.2. The van der Waals surface area contributed by atoms with Crippen LogP contribution in [0.2, 0.25) is 0 Å². The monoisotopic (exact) mass is 313 g/mol. The maximum Gasteiger partial charge on any atom is 0.271 e. The van der Waals surface area contributed by atoms with E-state index in [9.17, 15) is 4.79 Å². The van der Waals surface area contributed by atoms with Gasteiger partial charge in [0.15, 0.2) is 5.69 Å². The molecule has 0 aliphatic heterocycles. The Kier molecular flexibility index (Phi) is 3.97. The molecule has 3 rings (SSSR count). The number of thiophene rings is 1. The summed E-state index contributed by atoms with van der Waals surface area (Å²) in [7, 11) is 1.59. The van der Waals surface area contributed by atoms with Gasteiger partial charge in [0, 0.05) is 13.2 Å². The van der Waals surface area contributed by atoms with Gasteiger partial charge in [-0.15, -0.1) is 11.3 Å². The van der Waals surface area contributed by atoms with E-state index in [4.69, 9.17) is 0 Å². The minimum absolute atomic E-state index is 0.0603. The van der Waals surface area contributed by atoms with Crippen LogP contribution in [0.4, 0.5) is 5.95 Å². The second-order valence-electron chi connectivity index (χ2n) is 4.73. The number of hydrogen-bond donors (Lipinski definition) is 2. The van der Waals surface area contributed by atoms with Crippen molar-refractivity contribution in [3.05, 3.63) is 47.2 Å². The topological polar surface area (TPSA) is 79.8 Å². The molecule has 0 bridgehead atoms. The lowest BCUT2D eigenvalue weighted by atomic mass is 10.2. The van der Waals surface area contributed by atoms with Crippen LogP contribution in [0.5, 0.6) is 0 Å². The lowest BCUT2D eigenvalue weighted by Crippen LogP contribution is -2.21. The molecule has 1 amide bonds. The predicted molar refractivity (Wildman–Crippen MR) is 87.1 cm³/mol. The first kappa shape index (κ1) is 14.4. The van der Waals surface area contributed by atoms with Crippen LogP contribution in [0, 0.1) is 0 Å². The SMILES string of the molecule is CNC(=O)c1nc(NC(C)c2ccccn2)nc2ccsc12. The summed E-state index contributed by atoms with van der Waals surface area (Å²) in [4.78, 5) is 25.1. The Morgan fingerprint density at radius 3 is 2.86 bits per heavy atom. The maximum absolute atomic E-state index is 12.0. The Balaban J connectivity index is 1.95. The predicted octanol–water partition coefficient (Wildman–Crippen LogP) is 2.62. The van der Waals surface area contributed by atoms with Gasteiger partial charge in [0.1, 0.15) is 0 Å². The summed E-state index contributed by atoms with van der Waals surface area (Å²) < 4.78 is 0.787. The van der Waals surface area contributed by atoms with Gasteiger partial charge in [-0.3, -0.25) is 9.78 Å². The number of rotatable bonds is 4. The summed E-state index contributed by atoms with van der Waals surface area (Å²) in [6.45, 7) is 1.98. The number of pyridine rings is 1. The maximum atomic E-state index is 12.0. The van der Waals surface area contributed by atoms with Crippen LogP contribution >= 0.6 is 11.3 Å². The highest BCUT2D eigenvalue weighted by molar-refractivity contribution is 7.17.